The molecule has 0 saturated heterocycles. The maximum absolute atomic E-state index is 5.93. The summed E-state index contributed by atoms with van der Waals surface area (Å²) < 4.78 is 1.75. The summed E-state index contributed by atoms with van der Waals surface area (Å²) in [5.41, 5.74) is 1.28. The van der Waals surface area contributed by atoms with Crippen molar-refractivity contribution >= 4 is 46.9 Å². The van der Waals surface area contributed by atoms with Crippen LogP contribution in [0, 0.1) is 3.95 Å². The van der Waals surface area contributed by atoms with Crippen molar-refractivity contribution in [2.45, 2.75) is 17.2 Å². The second kappa shape index (κ2) is 6.54. The van der Waals surface area contributed by atoms with Gasteiger partial charge in [0.25, 0.3) is 0 Å². The predicted molar refractivity (Wildman–Crippen MR) is 77.8 cm³/mol. The van der Waals surface area contributed by atoms with E-state index in [4.69, 9.17) is 23.8 Å². The quantitative estimate of drug-likeness (QED) is 0.498. The highest BCUT2D eigenvalue weighted by Gasteiger charge is 1.99. The van der Waals surface area contributed by atoms with Gasteiger partial charge in [-0.1, -0.05) is 46.8 Å². The summed E-state index contributed by atoms with van der Waals surface area (Å²) in [4.78, 5) is 0. The molecule has 0 aliphatic carbocycles. The van der Waals surface area contributed by atoms with Crippen molar-refractivity contribution < 1.29 is 0 Å². The highest BCUT2D eigenvalue weighted by Crippen LogP contribution is 2.21. The van der Waals surface area contributed by atoms with Crippen LogP contribution in [0.2, 0.25) is 5.02 Å². The maximum Gasteiger partial charge on any atom is 0.177 e. The van der Waals surface area contributed by atoms with E-state index in [9.17, 15) is 0 Å². The summed E-state index contributed by atoms with van der Waals surface area (Å²) >= 11 is 14.2. The van der Waals surface area contributed by atoms with Gasteiger partial charge in [-0.25, -0.2) is 0 Å². The largest absolute Gasteiger partial charge is 0.257 e. The molecular weight excluding hydrogens is 292 g/mol. The first-order valence-electron chi connectivity index (χ1n) is 5.17. The Bertz CT molecular complexity index is 535. The van der Waals surface area contributed by atoms with E-state index in [1.807, 2.05) is 18.2 Å². The van der Waals surface area contributed by atoms with Gasteiger partial charge in [0.2, 0.25) is 0 Å². The Kier molecular flexibility index (Phi) is 5.03. The van der Waals surface area contributed by atoms with Gasteiger partial charge in [-0.2, -0.15) is 5.10 Å². The number of hydrogen-bond donors (Lipinski definition) is 1. The fourth-order valence-electron chi connectivity index (χ4n) is 1.41. The summed E-state index contributed by atoms with van der Waals surface area (Å²) in [6, 6.07) is 8.01. The van der Waals surface area contributed by atoms with Gasteiger partial charge in [0, 0.05) is 10.8 Å². The van der Waals surface area contributed by atoms with Gasteiger partial charge in [0.15, 0.2) is 8.29 Å². The summed E-state index contributed by atoms with van der Waals surface area (Å²) in [6.45, 7) is 0. The summed E-state index contributed by atoms with van der Waals surface area (Å²) in [5.74, 6) is 1.04. The van der Waals surface area contributed by atoms with Crippen LogP contribution in [-0.2, 0) is 6.42 Å². The number of rotatable bonds is 5. The van der Waals surface area contributed by atoms with Gasteiger partial charge in [-0.3, -0.25) is 5.10 Å². The van der Waals surface area contributed by atoms with Gasteiger partial charge in [0.05, 0.1) is 0 Å². The molecule has 2 rings (SSSR count). The number of thioether (sulfide) groups is 1. The number of hydrogen-bond acceptors (Lipinski definition) is 4. The molecule has 2 nitrogen and oxygen atoms in total. The monoisotopic (exact) mass is 302 g/mol. The molecule has 0 fully saturated rings. The number of benzene rings is 1. The Morgan fingerprint density at radius 3 is 3.06 bits per heavy atom. The molecule has 90 valence electrons. The lowest BCUT2D eigenvalue weighted by atomic mass is 10.1. The van der Waals surface area contributed by atoms with Crippen molar-refractivity contribution in [2.75, 3.05) is 5.75 Å². The molecular formula is C11H11ClN2S3. The van der Waals surface area contributed by atoms with Gasteiger partial charge in [0.1, 0.15) is 0 Å². The molecule has 1 aromatic heterocycles. The molecule has 1 aromatic carbocycles. The fraction of sp³-hybridized carbons (Fsp3) is 0.273. The minimum atomic E-state index is 0.738. The van der Waals surface area contributed by atoms with E-state index in [1.165, 1.54) is 16.9 Å². The summed E-state index contributed by atoms with van der Waals surface area (Å²) in [6.07, 6.45) is 2.15. The van der Waals surface area contributed by atoms with E-state index in [-0.39, 0.29) is 0 Å². The maximum atomic E-state index is 5.93. The summed E-state index contributed by atoms with van der Waals surface area (Å²) in [7, 11) is 0. The molecule has 0 unspecified atom stereocenters. The van der Waals surface area contributed by atoms with Crippen molar-refractivity contribution in [3.63, 3.8) is 0 Å². The molecule has 2 aromatic rings. The van der Waals surface area contributed by atoms with E-state index in [0.29, 0.717) is 0 Å². The first-order chi connectivity index (χ1) is 8.24. The van der Waals surface area contributed by atoms with Crippen LogP contribution in [0.5, 0.6) is 0 Å². The Labute approximate surface area is 118 Å². The van der Waals surface area contributed by atoms with Crippen LogP contribution < -0.4 is 0 Å². The third-order valence-corrected chi connectivity index (χ3v) is 4.70. The molecule has 0 spiro atoms. The molecule has 1 N–H and O–H groups in total. The average molecular weight is 303 g/mol. The Morgan fingerprint density at radius 1 is 1.47 bits per heavy atom. The van der Waals surface area contributed by atoms with E-state index in [0.717, 1.165) is 31.9 Å². The number of nitrogens with zero attached hydrogens (tertiary/aromatic N) is 1. The number of aryl methyl sites for hydroxylation is 1. The second-order valence-electron chi connectivity index (χ2n) is 3.46. The van der Waals surface area contributed by atoms with Crippen LogP contribution >= 0.6 is 46.9 Å². The molecule has 0 atom stereocenters. The average Bonchev–Trinajstić information content (AvgIpc) is 2.71. The SMILES string of the molecule is S=c1[nH]nc(SCCCc2cccc(Cl)c2)s1. The zero-order valence-electron chi connectivity index (χ0n) is 8.98. The third-order valence-electron chi connectivity index (χ3n) is 2.14. The van der Waals surface area contributed by atoms with Crippen molar-refractivity contribution in [2.24, 2.45) is 0 Å². The molecule has 17 heavy (non-hydrogen) atoms. The zero-order valence-corrected chi connectivity index (χ0v) is 12.2. The van der Waals surface area contributed by atoms with Crippen LogP contribution in [0.3, 0.4) is 0 Å². The topological polar surface area (TPSA) is 28.7 Å². The number of H-pyrrole nitrogens is 1. The normalized spacial score (nSPS) is 10.6. The Morgan fingerprint density at radius 2 is 2.35 bits per heavy atom. The van der Waals surface area contributed by atoms with Crippen molar-refractivity contribution in [1.82, 2.24) is 10.2 Å². The van der Waals surface area contributed by atoms with E-state index >= 15 is 0 Å². The molecule has 0 aliphatic rings. The summed E-state index contributed by atoms with van der Waals surface area (Å²) in [5, 5.41) is 7.69. The molecule has 0 amide bonds. The fourth-order valence-corrected chi connectivity index (χ4v) is 3.71. The van der Waals surface area contributed by atoms with Crippen LogP contribution in [0.15, 0.2) is 28.6 Å². The van der Waals surface area contributed by atoms with Crippen molar-refractivity contribution in [3.8, 4) is 0 Å². The van der Waals surface area contributed by atoms with Crippen LogP contribution in [-0.4, -0.2) is 16.0 Å². The van der Waals surface area contributed by atoms with Gasteiger partial charge >= 0.3 is 0 Å². The lowest BCUT2D eigenvalue weighted by Gasteiger charge is -2.00. The molecule has 6 heteroatoms. The van der Waals surface area contributed by atoms with Crippen LogP contribution in [0.1, 0.15) is 12.0 Å². The lowest BCUT2D eigenvalue weighted by molar-refractivity contribution is 0.929. The van der Waals surface area contributed by atoms with Gasteiger partial charge in [-0.15, -0.1) is 0 Å². The minimum Gasteiger partial charge on any atom is -0.257 e. The van der Waals surface area contributed by atoms with Gasteiger partial charge < -0.3 is 0 Å². The number of aromatic amines is 1. The molecule has 0 radical (unpaired) electrons. The van der Waals surface area contributed by atoms with Crippen LogP contribution in [0.25, 0.3) is 0 Å². The number of nitrogens with one attached hydrogen (secondary N) is 1. The molecule has 0 aliphatic heterocycles. The Balaban J connectivity index is 1.75. The predicted octanol–water partition coefficient (Wildman–Crippen LogP) is 4.58. The Hall–Kier alpha value is -0.360. The number of aromatic nitrogens is 2. The number of halogens is 1. The van der Waals surface area contributed by atoms with E-state index in [2.05, 4.69) is 16.3 Å². The minimum absolute atomic E-state index is 0.738. The first-order valence-corrected chi connectivity index (χ1v) is 7.75. The first kappa shape index (κ1) is 13.1. The standard InChI is InChI=1S/C11H11ClN2S3/c12-9-5-1-3-8(7-9)4-2-6-16-11-14-13-10(15)17-11/h1,3,5,7H,2,4,6H2,(H,13,15). The molecule has 0 bridgehead atoms. The highest BCUT2D eigenvalue weighted by molar-refractivity contribution is 8.01. The van der Waals surface area contributed by atoms with Crippen molar-refractivity contribution in [3.05, 3.63) is 38.8 Å². The smallest absolute Gasteiger partial charge is 0.177 e. The van der Waals surface area contributed by atoms with Crippen molar-refractivity contribution in [1.29, 1.82) is 0 Å². The van der Waals surface area contributed by atoms with E-state index in [1.54, 1.807) is 11.8 Å². The second-order valence-corrected chi connectivity index (χ2v) is 6.91. The lowest BCUT2D eigenvalue weighted by Crippen LogP contribution is -1.87. The van der Waals surface area contributed by atoms with Gasteiger partial charge in [-0.05, 0) is 42.8 Å². The zero-order chi connectivity index (χ0) is 12.1. The van der Waals surface area contributed by atoms with Crippen LogP contribution in [0.4, 0.5) is 0 Å². The van der Waals surface area contributed by atoms with E-state index < -0.39 is 0 Å². The third kappa shape index (κ3) is 4.43. The highest BCUT2D eigenvalue weighted by atomic mass is 35.5. The molecule has 0 saturated carbocycles. The molecule has 1 heterocycles.